The predicted octanol–water partition coefficient (Wildman–Crippen LogP) is 2.17. The number of hydrogen-bond acceptors (Lipinski definition) is 4. The van der Waals surface area contributed by atoms with Gasteiger partial charge in [-0.2, -0.15) is 0 Å². The standard InChI is InChI=1S/C24H27N3O4/c1-31-21-9-7-19(8-10-21)22(28)25-13-11-20(12-14-25)27-16-15-26(23(29)24(27)30)17-18-5-3-2-4-6-18/h2-10,20H,11-17H2,1H3. The van der Waals surface area contributed by atoms with E-state index in [1.807, 2.05) is 35.2 Å². The molecule has 0 bridgehead atoms. The second kappa shape index (κ2) is 9.20. The fourth-order valence-electron chi connectivity index (χ4n) is 4.29. The van der Waals surface area contributed by atoms with Crippen molar-refractivity contribution in [1.82, 2.24) is 14.7 Å². The highest BCUT2D eigenvalue weighted by Gasteiger charge is 2.38. The predicted molar refractivity (Wildman–Crippen MR) is 115 cm³/mol. The van der Waals surface area contributed by atoms with Crippen LogP contribution in [0.5, 0.6) is 5.75 Å². The molecule has 2 aromatic carbocycles. The second-order valence-corrected chi connectivity index (χ2v) is 7.96. The van der Waals surface area contributed by atoms with Crippen LogP contribution in [0.15, 0.2) is 54.6 Å². The molecule has 2 saturated heterocycles. The number of amides is 3. The smallest absolute Gasteiger partial charge is 0.312 e. The third-order valence-electron chi connectivity index (χ3n) is 6.09. The van der Waals surface area contributed by atoms with E-state index in [0.717, 1.165) is 5.56 Å². The molecule has 2 fully saturated rings. The first-order valence-electron chi connectivity index (χ1n) is 10.6. The number of ether oxygens (including phenoxy) is 1. The van der Waals surface area contributed by atoms with Crippen molar-refractivity contribution in [1.29, 1.82) is 0 Å². The molecule has 2 aliphatic heterocycles. The molecule has 7 nitrogen and oxygen atoms in total. The molecule has 2 aromatic rings. The minimum atomic E-state index is -0.438. The van der Waals surface area contributed by atoms with E-state index in [2.05, 4.69) is 0 Å². The van der Waals surface area contributed by atoms with E-state index in [0.29, 0.717) is 56.9 Å². The number of piperidine rings is 1. The van der Waals surface area contributed by atoms with Crippen molar-refractivity contribution >= 4 is 17.7 Å². The van der Waals surface area contributed by atoms with Gasteiger partial charge in [0.25, 0.3) is 5.91 Å². The van der Waals surface area contributed by atoms with Gasteiger partial charge in [-0.05, 0) is 42.7 Å². The van der Waals surface area contributed by atoms with E-state index in [-0.39, 0.29) is 11.9 Å². The molecular formula is C24H27N3O4. The lowest BCUT2D eigenvalue weighted by molar-refractivity contribution is -0.158. The molecule has 31 heavy (non-hydrogen) atoms. The van der Waals surface area contributed by atoms with E-state index in [1.165, 1.54) is 0 Å². The average Bonchev–Trinajstić information content (AvgIpc) is 2.83. The van der Waals surface area contributed by atoms with Crippen molar-refractivity contribution in [2.24, 2.45) is 0 Å². The third-order valence-corrected chi connectivity index (χ3v) is 6.09. The Hall–Kier alpha value is -3.35. The maximum absolute atomic E-state index is 12.8. The molecule has 7 heteroatoms. The molecule has 0 saturated carbocycles. The summed E-state index contributed by atoms with van der Waals surface area (Å²) in [5.41, 5.74) is 1.64. The molecule has 0 aliphatic carbocycles. The maximum atomic E-state index is 12.8. The molecular weight excluding hydrogens is 394 g/mol. The third kappa shape index (κ3) is 4.55. The van der Waals surface area contributed by atoms with Gasteiger partial charge in [0.15, 0.2) is 0 Å². The number of likely N-dealkylation sites (tertiary alicyclic amines) is 1. The quantitative estimate of drug-likeness (QED) is 0.694. The first-order chi connectivity index (χ1) is 15.1. The number of methoxy groups -OCH3 is 1. The number of rotatable bonds is 5. The summed E-state index contributed by atoms with van der Waals surface area (Å²) < 4.78 is 5.14. The van der Waals surface area contributed by atoms with Crippen molar-refractivity contribution in [2.45, 2.75) is 25.4 Å². The van der Waals surface area contributed by atoms with Gasteiger partial charge in [0.2, 0.25) is 0 Å². The molecule has 0 radical (unpaired) electrons. The lowest BCUT2D eigenvalue weighted by atomic mass is 10.0. The summed E-state index contributed by atoms with van der Waals surface area (Å²) in [6.45, 7) is 2.66. The van der Waals surface area contributed by atoms with Crippen molar-refractivity contribution in [3.63, 3.8) is 0 Å². The first-order valence-corrected chi connectivity index (χ1v) is 10.6. The largest absolute Gasteiger partial charge is 0.497 e. The molecule has 0 atom stereocenters. The molecule has 0 aromatic heterocycles. The van der Waals surface area contributed by atoms with E-state index in [9.17, 15) is 14.4 Å². The minimum Gasteiger partial charge on any atom is -0.497 e. The van der Waals surface area contributed by atoms with Gasteiger partial charge in [0.1, 0.15) is 5.75 Å². The Kier molecular flexibility index (Phi) is 6.21. The minimum absolute atomic E-state index is 0.00440. The van der Waals surface area contributed by atoms with Crippen LogP contribution >= 0.6 is 0 Å². The zero-order valence-electron chi connectivity index (χ0n) is 17.7. The van der Waals surface area contributed by atoms with Gasteiger partial charge >= 0.3 is 11.8 Å². The molecule has 0 N–H and O–H groups in total. The fraction of sp³-hybridized carbons (Fsp3) is 0.375. The Bertz CT molecular complexity index is 937. The fourth-order valence-corrected chi connectivity index (χ4v) is 4.29. The van der Waals surface area contributed by atoms with Gasteiger partial charge in [-0.15, -0.1) is 0 Å². The summed E-state index contributed by atoms with van der Waals surface area (Å²) in [5, 5.41) is 0. The van der Waals surface area contributed by atoms with Gasteiger partial charge in [-0.3, -0.25) is 14.4 Å². The van der Waals surface area contributed by atoms with E-state index in [4.69, 9.17) is 4.74 Å². The summed E-state index contributed by atoms with van der Waals surface area (Å²) in [6.07, 6.45) is 1.36. The lowest BCUT2D eigenvalue weighted by Gasteiger charge is -2.42. The van der Waals surface area contributed by atoms with Crippen molar-refractivity contribution in [2.75, 3.05) is 33.3 Å². The lowest BCUT2D eigenvalue weighted by Crippen LogP contribution is -2.59. The molecule has 162 valence electrons. The summed E-state index contributed by atoms with van der Waals surface area (Å²) in [5.74, 6) is -0.171. The van der Waals surface area contributed by atoms with Crippen molar-refractivity contribution < 1.29 is 19.1 Å². The molecule has 2 aliphatic rings. The highest BCUT2D eigenvalue weighted by Crippen LogP contribution is 2.22. The second-order valence-electron chi connectivity index (χ2n) is 7.96. The number of hydrogen-bond donors (Lipinski definition) is 0. The van der Waals surface area contributed by atoms with Gasteiger partial charge in [0.05, 0.1) is 7.11 Å². The number of benzene rings is 2. The van der Waals surface area contributed by atoms with E-state index < -0.39 is 11.8 Å². The zero-order chi connectivity index (χ0) is 21.8. The van der Waals surface area contributed by atoms with Gasteiger partial charge in [-0.25, -0.2) is 0 Å². The topological polar surface area (TPSA) is 70.2 Å². The Morgan fingerprint density at radius 3 is 2.23 bits per heavy atom. The van der Waals surface area contributed by atoms with Crippen molar-refractivity contribution in [3.8, 4) is 5.75 Å². The van der Waals surface area contributed by atoms with Crippen molar-refractivity contribution in [3.05, 3.63) is 65.7 Å². The number of carbonyl (C=O) groups excluding carboxylic acids is 3. The summed E-state index contributed by atoms with van der Waals surface area (Å²) >= 11 is 0. The molecule has 4 rings (SSSR count). The van der Waals surface area contributed by atoms with Crippen LogP contribution in [0, 0.1) is 0 Å². The van der Waals surface area contributed by atoms with Gasteiger partial charge in [0, 0.05) is 44.3 Å². The molecule has 3 amide bonds. The summed E-state index contributed by atoms with van der Waals surface area (Å²) in [4.78, 5) is 43.3. The van der Waals surface area contributed by atoms with Crippen LogP contribution in [-0.4, -0.2) is 71.8 Å². The Labute approximate surface area is 182 Å². The monoisotopic (exact) mass is 421 g/mol. The molecule has 2 heterocycles. The van der Waals surface area contributed by atoms with E-state index >= 15 is 0 Å². The zero-order valence-corrected chi connectivity index (χ0v) is 17.7. The number of carbonyl (C=O) groups is 3. The van der Waals surface area contributed by atoms with Crippen LogP contribution in [0.2, 0.25) is 0 Å². The number of piperazine rings is 1. The van der Waals surface area contributed by atoms with Crippen LogP contribution in [-0.2, 0) is 16.1 Å². The van der Waals surface area contributed by atoms with Crippen LogP contribution in [0.25, 0.3) is 0 Å². The van der Waals surface area contributed by atoms with Crippen LogP contribution in [0.4, 0.5) is 0 Å². The number of nitrogens with zero attached hydrogens (tertiary/aromatic N) is 3. The van der Waals surface area contributed by atoms with Gasteiger partial charge < -0.3 is 19.4 Å². The maximum Gasteiger partial charge on any atom is 0.312 e. The SMILES string of the molecule is COc1ccc(C(=O)N2CCC(N3CCN(Cc4ccccc4)C(=O)C3=O)CC2)cc1. The van der Waals surface area contributed by atoms with E-state index in [1.54, 1.807) is 41.2 Å². The van der Waals surface area contributed by atoms with Gasteiger partial charge in [-0.1, -0.05) is 30.3 Å². The molecule has 0 spiro atoms. The first kappa shape index (κ1) is 20.9. The van der Waals surface area contributed by atoms with Crippen LogP contribution in [0.1, 0.15) is 28.8 Å². The Balaban J connectivity index is 1.32. The highest BCUT2D eigenvalue weighted by molar-refractivity contribution is 6.35. The van der Waals surface area contributed by atoms with Crippen LogP contribution in [0.3, 0.4) is 0 Å². The average molecular weight is 421 g/mol. The summed E-state index contributed by atoms with van der Waals surface area (Å²) in [7, 11) is 1.59. The van der Waals surface area contributed by atoms with Crippen LogP contribution < -0.4 is 4.74 Å². The Morgan fingerprint density at radius 2 is 1.58 bits per heavy atom. The summed E-state index contributed by atoms with van der Waals surface area (Å²) in [6, 6.07) is 16.8. The molecule has 0 unspecified atom stereocenters. The highest BCUT2D eigenvalue weighted by atomic mass is 16.5. The Morgan fingerprint density at radius 1 is 0.903 bits per heavy atom. The normalized spacial score (nSPS) is 17.8.